The zero-order valence-electron chi connectivity index (χ0n) is 12.0. The van der Waals surface area contributed by atoms with Crippen molar-refractivity contribution in [2.45, 2.75) is 19.0 Å². The molecule has 116 valence electrons. The van der Waals surface area contributed by atoms with Crippen LogP contribution in [-0.2, 0) is 20.9 Å². The van der Waals surface area contributed by atoms with Crippen molar-refractivity contribution in [3.8, 4) is 0 Å². The van der Waals surface area contributed by atoms with E-state index in [1.54, 1.807) is 42.7 Å². The maximum Gasteiger partial charge on any atom is 0.307 e. The lowest BCUT2D eigenvalue weighted by atomic mass is 10.0. The minimum atomic E-state index is -0.552. The van der Waals surface area contributed by atoms with Gasteiger partial charge in [-0.25, -0.2) is 0 Å². The van der Waals surface area contributed by atoms with Crippen molar-refractivity contribution in [2.24, 2.45) is 0 Å². The fourth-order valence-electron chi connectivity index (χ4n) is 2.03. The minimum Gasteiger partial charge on any atom is -0.469 e. The Morgan fingerprint density at radius 2 is 2.14 bits per heavy atom. The van der Waals surface area contributed by atoms with E-state index in [4.69, 9.17) is 11.6 Å². The molecule has 0 aliphatic rings. The molecule has 0 aliphatic carbocycles. The van der Waals surface area contributed by atoms with Crippen LogP contribution in [0.4, 0.5) is 0 Å². The van der Waals surface area contributed by atoms with Gasteiger partial charge in [-0.15, -0.1) is 0 Å². The van der Waals surface area contributed by atoms with Crippen molar-refractivity contribution in [3.63, 3.8) is 0 Å². The van der Waals surface area contributed by atoms with E-state index in [2.05, 4.69) is 15.2 Å². The highest BCUT2D eigenvalue weighted by Gasteiger charge is 2.21. The minimum absolute atomic E-state index is 0.00504. The molecule has 6 nitrogen and oxygen atoms in total. The number of halogens is 1. The van der Waals surface area contributed by atoms with Crippen molar-refractivity contribution >= 4 is 23.5 Å². The number of aromatic nitrogens is 2. The molecule has 0 unspecified atom stereocenters. The molecular formula is C15H16ClN3O3. The number of rotatable bonds is 6. The van der Waals surface area contributed by atoms with Crippen LogP contribution in [0.25, 0.3) is 0 Å². The molecule has 1 N–H and O–H groups in total. The first kappa shape index (κ1) is 16.0. The predicted molar refractivity (Wildman–Crippen MR) is 81.2 cm³/mol. The van der Waals surface area contributed by atoms with Crippen molar-refractivity contribution in [3.05, 3.63) is 53.3 Å². The molecule has 1 aromatic heterocycles. The van der Waals surface area contributed by atoms with Crippen molar-refractivity contribution < 1.29 is 14.3 Å². The fourth-order valence-corrected chi connectivity index (χ4v) is 2.29. The van der Waals surface area contributed by atoms with Gasteiger partial charge >= 0.3 is 5.97 Å². The van der Waals surface area contributed by atoms with Crippen LogP contribution in [0.5, 0.6) is 0 Å². The lowest BCUT2D eigenvalue weighted by molar-refractivity contribution is -0.141. The van der Waals surface area contributed by atoms with Crippen LogP contribution in [-0.4, -0.2) is 28.8 Å². The Labute approximate surface area is 133 Å². The Kier molecular flexibility index (Phi) is 5.55. The first-order valence-electron chi connectivity index (χ1n) is 6.68. The quantitative estimate of drug-likeness (QED) is 0.825. The molecule has 7 heteroatoms. The zero-order valence-corrected chi connectivity index (χ0v) is 12.8. The summed E-state index contributed by atoms with van der Waals surface area (Å²) in [4.78, 5) is 23.7. The third kappa shape index (κ3) is 4.33. The average molecular weight is 322 g/mol. The molecule has 0 saturated carbocycles. The number of hydrogen-bond donors (Lipinski definition) is 1. The van der Waals surface area contributed by atoms with E-state index in [0.29, 0.717) is 10.6 Å². The number of nitrogens with one attached hydrogen (secondary N) is 1. The van der Waals surface area contributed by atoms with Gasteiger partial charge in [0.1, 0.15) is 6.54 Å². The Hall–Kier alpha value is -2.34. The Morgan fingerprint density at radius 3 is 2.77 bits per heavy atom. The van der Waals surface area contributed by atoms with Crippen LogP contribution in [0.2, 0.25) is 5.02 Å². The van der Waals surface area contributed by atoms with Gasteiger partial charge in [-0.3, -0.25) is 14.3 Å². The number of benzene rings is 1. The molecule has 0 saturated heterocycles. The first-order valence-corrected chi connectivity index (χ1v) is 7.06. The second-order valence-corrected chi connectivity index (χ2v) is 5.03. The molecule has 1 aromatic carbocycles. The smallest absolute Gasteiger partial charge is 0.307 e. The monoisotopic (exact) mass is 321 g/mol. The summed E-state index contributed by atoms with van der Waals surface area (Å²) in [6, 6.07) is 8.24. The van der Waals surface area contributed by atoms with Crippen LogP contribution < -0.4 is 5.32 Å². The summed E-state index contributed by atoms with van der Waals surface area (Å²) in [6.45, 7) is 0.0646. The number of amides is 1. The number of methoxy groups -OCH3 is 1. The van der Waals surface area contributed by atoms with Crippen molar-refractivity contribution in [2.75, 3.05) is 7.11 Å². The van der Waals surface area contributed by atoms with E-state index in [-0.39, 0.29) is 18.9 Å². The van der Waals surface area contributed by atoms with Gasteiger partial charge in [0.2, 0.25) is 5.91 Å². The van der Waals surface area contributed by atoms with Crippen LogP contribution in [0, 0.1) is 0 Å². The average Bonchev–Trinajstić information content (AvgIpc) is 2.99. The summed E-state index contributed by atoms with van der Waals surface area (Å²) in [5, 5.41) is 7.24. The van der Waals surface area contributed by atoms with Gasteiger partial charge in [0, 0.05) is 17.4 Å². The second-order valence-electron chi connectivity index (χ2n) is 4.63. The highest BCUT2D eigenvalue weighted by molar-refractivity contribution is 6.31. The molecule has 0 aliphatic heterocycles. The molecule has 0 bridgehead atoms. The predicted octanol–water partition coefficient (Wildman–Crippen LogP) is 1.96. The number of esters is 1. The zero-order chi connectivity index (χ0) is 15.9. The Morgan fingerprint density at radius 1 is 1.36 bits per heavy atom. The fraction of sp³-hybridized carbons (Fsp3) is 0.267. The van der Waals surface area contributed by atoms with Gasteiger partial charge in [-0.2, -0.15) is 5.10 Å². The molecule has 0 spiro atoms. The molecular weight excluding hydrogens is 306 g/mol. The summed E-state index contributed by atoms with van der Waals surface area (Å²) >= 11 is 6.15. The highest BCUT2D eigenvalue weighted by atomic mass is 35.5. The summed E-state index contributed by atoms with van der Waals surface area (Å²) in [7, 11) is 1.30. The van der Waals surface area contributed by atoms with E-state index >= 15 is 0 Å². The van der Waals surface area contributed by atoms with E-state index in [1.165, 1.54) is 11.8 Å². The standard InChI is InChI=1S/C15H16ClN3O3/c1-22-15(21)9-13(11-5-2-3-6-12(11)16)18-14(20)10-19-8-4-7-17-19/h2-8,13H,9-10H2,1H3,(H,18,20)/t13-/m1/s1. The Bertz CT molecular complexity index is 643. The first-order chi connectivity index (χ1) is 10.6. The molecule has 1 heterocycles. The third-order valence-electron chi connectivity index (χ3n) is 3.08. The highest BCUT2D eigenvalue weighted by Crippen LogP contribution is 2.25. The summed E-state index contributed by atoms with van der Waals surface area (Å²) < 4.78 is 6.18. The van der Waals surface area contributed by atoms with Gasteiger partial charge in [0.15, 0.2) is 0 Å². The number of carbonyl (C=O) groups is 2. The van der Waals surface area contributed by atoms with E-state index in [0.717, 1.165) is 0 Å². The maximum atomic E-state index is 12.1. The third-order valence-corrected chi connectivity index (χ3v) is 3.42. The molecule has 0 fully saturated rings. The molecule has 2 aromatic rings. The van der Waals surface area contributed by atoms with E-state index < -0.39 is 12.0 Å². The van der Waals surface area contributed by atoms with Gasteiger partial charge in [-0.1, -0.05) is 29.8 Å². The second kappa shape index (κ2) is 7.61. The number of carbonyl (C=O) groups excluding carboxylic acids is 2. The molecule has 2 rings (SSSR count). The van der Waals surface area contributed by atoms with E-state index in [9.17, 15) is 9.59 Å². The van der Waals surface area contributed by atoms with Gasteiger partial charge in [-0.05, 0) is 17.7 Å². The molecule has 0 radical (unpaired) electrons. The van der Waals surface area contributed by atoms with Crippen molar-refractivity contribution in [1.29, 1.82) is 0 Å². The Balaban J connectivity index is 2.12. The van der Waals surface area contributed by atoms with Gasteiger partial charge in [0.25, 0.3) is 0 Å². The summed E-state index contributed by atoms with van der Waals surface area (Å²) in [5.74, 6) is -0.693. The van der Waals surface area contributed by atoms with Gasteiger partial charge < -0.3 is 10.1 Å². The SMILES string of the molecule is COC(=O)C[C@@H](NC(=O)Cn1cccn1)c1ccccc1Cl. The maximum absolute atomic E-state index is 12.1. The van der Waals surface area contributed by atoms with Crippen molar-refractivity contribution in [1.82, 2.24) is 15.1 Å². The topological polar surface area (TPSA) is 73.2 Å². The molecule has 22 heavy (non-hydrogen) atoms. The molecule has 1 amide bonds. The molecule has 1 atom stereocenters. The van der Waals surface area contributed by atoms with Crippen LogP contribution in [0.1, 0.15) is 18.0 Å². The summed E-state index contributed by atoms with van der Waals surface area (Å²) in [5.41, 5.74) is 0.670. The van der Waals surface area contributed by atoms with E-state index in [1.807, 2.05) is 0 Å². The van der Waals surface area contributed by atoms with Crippen LogP contribution in [0.3, 0.4) is 0 Å². The number of hydrogen-bond acceptors (Lipinski definition) is 4. The lowest BCUT2D eigenvalue weighted by Crippen LogP contribution is -2.33. The van der Waals surface area contributed by atoms with Crippen LogP contribution >= 0.6 is 11.6 Å². The van der Waals surface area contributed by atoms with Crippen LogP contribution in [0.15, 0.2) is 42.7 Å². The number of ether oxygens (including phenoxy) is 1. The van der Waals surface area contributed by atoms with Gasteiger partial charge in [0.05, 0.1) is 19.6 Å². The summed E-state index contributed by atoms with van der Waals surface area (Å²) in [6.07, 6.45) is 3.28. The lowest BCUT2D eigenvalue weighted by Gasteiger charge is -2.19. The number of nitrogens with zero attached hydrogens (tertiary/aromatic N) is 2. The normalized spacial score (nSPS) is 11.7. The largest absolute Gasteiger partial charge is 0.469 e.